The van der Waals surface area contributed by atoms with Crippen LogP contribution in [0.3, 0.4) is 0 Å². The van der Waals surface area contributed by atoms with Crippen LogP contribution < -0.4 is 10.6 Å². The number of carbonyl (C=O) groups is 2. The van der Waals surface area contributed by atoms with Gasteiger partial charge in [-0.2, -0.15) is 0 Å². The van der Waals surface area contributed by atoms with Crippen molar-refractivity contribution in [3.63, 3.8) is 0 Å². The second kappa shape index (κ2) is 8.33. The van der Waals surface area contributed by atoms with E-state index in [4.69, 9.17) is 0 Å². The van der Waals surface area contributed by atoms with Crippen LogP contribution in [0.4, 0.5) is 4.79 Å². The van der Waals surface area contributed by atoms with Gasteiger partial charge >= 0.3 is 6.03 Å². The molecule has 3 amide bonds. The second-order valence-corrected chi connectivity index (χ2v) is 7.09. The van der Waals surface area contributed by atoms with Gasteiger partial charge in [0.1, 0.15) is 6.04 Å². The number of nitrogens with one attached hydrogen (secondary N) is 2. The third-order valence-electron chi connectivity index (χ3n) is 4.41. The summed E-state index contributed by atoms with van der Waals surface area (Å²) in [6.45, 7) is 3.83. The molecule has 2 aromatic rings. The highest BCUT2D eigenvalue weighted by Gasteiger charge is 2.24. The molecule has 0 radical (unpaired) electrons. The minimum absolute atomic E-state index is 0.255. The van der Waals surface area contributed by atoms with Crippen molar-refractivity contribution in [2.24, 2.45) is 0 Å². The minimum atomic E-state index is -0.400. The number of urea groups is 1. The van der Waals surface area contributed by atoms with Crippen LogP contribution in [0.2, 0.25) is 0 Å². The summed E-state index contributed by atoms with van der Waals surface area (Å²) in [7, 11) is 0. The molecule has 0 aliphatic carbocycles. The fourth-order valence-electron chi connectivity index (χ4n) is 2.91. The molecular weight excluding hydrogens is 348 g/mol. The molecule has 2 aliphatic rings. The highest BCUT2D eigenvalue weighted by atomic mass is 32.2. The molecule has 1 atom stereocenters. The average Bonchev–Trinajstić information content (AvgIpc) is 2.97. The van der Waals surface area contributed by atoms with Gasteiger partial charge in [0.15, 0.2) is 0 Å². The average molecular weight is 370 g/mol. The maximum atomic E-state index is 10.4. The van der Waals surface area contributed by atoms with Crippen molar-refractivity contribution in [3.05, 3.63) is 53.9 Å². The van der Waals surface area contributed by atoms with Crippen molar-refractivity contribution in [2.45, 2.75) is 25.9 Å². The highest BCUT2D eigenvalue weighted by Crippen LogP contribution is 2.27. The molecule has 6 nitrogen and oxygen atoms in total. The summed E-state index contributed by atoms with van der Waals surface area (Å²) in [5.74, 6) is -0.255. The Morgan fingerprint density at radius 2 is 2.04 bits per heavy atom. The molecule has 7 heteroatoms. The van der Waals surface area contributed by atoms with E-state index in [-0.39, 0.29) is 11.9 Å². The van der Waals surface area contributed by atoms with Crippen LogP contribution in [0.25, 0.3) is 11.1 Å². The van der Waals surface area contributed by atoms with Crippen LogP contribution in [0.15, 0.2) is 42.7 Å². The number of aromatic nitrogens is 1. The number of hydrogen-bond donors (Lipinski definition) is 2. The third-order valence-corrected chi connectivity index (χ3v) is 5.24. The van der Waals surface area contributed by atoms with E-state index in [2.05, 4.69) is 50.4 Å². The molecule has 1 fully saturated rings. The third kappa shape index (κ3) is 4.42. The van der Waals surface area contributed by atoms with Crippen LogP contribution in [0, 0.1) is 0 Å². The summed E-state index contributed by atoms with van der Waals surface area (Å²) in [5, 5.41) is 4.44. The largest absolute Gasteiger partial charge is 0.326 e. The first kappa shape index (κ1) is 18.4. The molecule has 1 saturated heterocycles. The first-order valence-corrected chi connectivity index (χ1v) is 9.67. The molecule has 1 unspecified atom stereocenters. The Bertz CT molecular complexity index is 797. The van der Waals surface area contributed by atoms with Crippen LogP contribution in [-0.2, 0) is 17.8 Å². The Labute approximate surface area is 157 Å². The Morgan fingerprint density at radius 1 is 1.19 bits per heavy atom. The van der Waals surface area contributed by atoms with Gasteiger partial charge in [-0.3, -0.25) is 15.1 Å². The number of pyridine rings is 1. The van der Waals surface area contributed by atoms with Gasteiger partial charge in [0.2, 0.25) is 5.91 Å². The zero-order valence-corrected chi connectivity index (χ0v) is 15.7. The Kier molecular flexibility index (Phi) is 5.90. The molecule has 1 aromatic heterocycles. The normalized spacial score (nSPS) is 19.1. The van der Waals surface area contributed by atoms with Crippen molar-refractivity contribution in [3.8, 4) is 11.1 Å². The van der Waals surface area contributed by atoms with Gasteiger partial charge in [0.05, 0.1) is 0 Å². The molecule has 2 N–H and O–H groups in total. The van der Waals surface area contributed by atoms with Crippen molar-refractivity contribution >= 4 is 23.9 Å². The lowest BCUT2D eigenvalue weighted by Gasteiger charge is -2.26. The van der Waals surface area contributed by atoms with Crippen LogP contribution in [-0.4, -0.2) is 40.1 Å². The van der Waals surface area contributed by atoms with E-state index in [0.29, 0.717) is 0 Å². The highest BCUT2D eigenvalue weighted by molar-refractivity contribution is 7.96. The number of rotatable bonds is 2. The number of amides is 3. The number of benzene rings is 1. The molecule has 2 aliphatic heterocycles. The number of hydrogen-bond acceptors (Lipinski definition) is 5. The van der Waals surface area contributed by atoms with Gasteiger partial charge in [-0.15, -0.1) is 0 Å². The van der Waals surface area contributed by atoms with Crippen molar-refractivity contribution in [2.75, 3.05) is 12.8 Å². The smallest absolute Gasteiger partial charge is 0.322 e. The SMILES string of the molecule is CC1NC(=O)NC1=O.CSN1CCc2cc(-c3cccnc3)ccc2C1. The maximum Gasteiger partial charge on any atom is 0.322 e. The monoisotopic (exact) mass is 370 g/mol. The molecule has 0 saturated carbocycles. The molecule has 26 heavy (non-hydrogen) atoms. The van der Waals surface area contributed by atoms with Gasteiger partial charge in [0.25, 0.3) is 0 Å². The molecule has 136 valence electrons. The van der Waals surface area contributed by atoms with Gasteiger partial charge in [0, 0.05) is 25.5 Å². The quantitative estimate of drug-likeness (QED) is 0.628. The van der Waals surface area contributed by atoms with E-state index in [1.54, 1.807) is 6.92 Å². The van der Waals surface area contributed by atoms with E-state index in [9.17, 15) is 9.59 Å². The summed E-state index contributed by atoms with van der Waals surface area (Å²) in [6.07, 6.45) is 7.04. The zero-order chi connectivity index (χ0) is 18.5. The number of carbonyl (C=O) groups excluding carboxylic acids is 2. The zero-order valence-electron chi connectivity index (χ0n) is 14.9. The Morgan fingerprint density at radius 3 is 2.62 bits per heavy atom. The topological polar surface area (TPSA) is 74.3 Å². The molecule has 4 rings (SSSR count). The standard InChI is InChI=1S/C15H16N2S.C4H6N2O2/c1-18-17-8-6-13-9-12(4-5-15(13)11-17)14-3-2-7-16-10-14;1-2-3(7)6-4(8)5-2/h2-5,7,9-10H,6,8,11H2,1H3;2H,1H3,(H2,5,6,7,8). The fourth-order valence-corrected chi connectivity index (χ4v) is 3.46. The maximum absolute atomic E-state index is 10.4. The number of nitrogens with zero attached hydrogens (tertiary/aromatic N) is 2. The fraction of sp³-hybridized carbons (Fsp3) is 0.316. The summed E-state index contributed by atoms with van der Waals surface area (Å²) < 4.78 is 2.41. The van der Waals surface area contributed by atoms with Gasteiger partial charge in [-0.05, 0) is 47.9 Å². The summed E-state index contributed by atoms with van der Waals surface area (Å²) in [6, 6.07) is 10.1. The van der Waals surface area contributed by atoms with E-state index >= 15 is 0 Å². The number of fused-ring (bicyclic) bond motifs is 1. The van der Waals surface area contributed by atoms with Gasteiger partial charge in [-0.25, -0.2) is 9.10 Å². The van der Waals surface area contributed by atoms with E-state index < -0.39 is 6.03 Å². The lowest BCUT2D eigenvalue weighted by atomic mass is 9.96. The van der Waals surface area contributed by atoms with Crippen molar-refractivity contribution in [1.82, 2.24) is 19.9 Å². The van der Waals surface area contributed by atoms with Crippen LogP contribution in [0.1, 0.15) is 18.1 Å². The molecule has 0 bridgehead atoms. The first-order chi connectivity index (χ1) is 12.6. The first-order valence-electron chi connectivity index (χ1n) is 8.49. The predicted molar refractivity (Wildman–Crippen MR) is 103 cm³/mol. The van der Waals surface area contributed by atoms with Crippen LogP contribution in [0.5, 0.6) is 0 Å². The van der Waals surface area contributed by atoms with E-state index in [0.717, 1.165) is 19.5 Å². The summed E-state index contributed by atoms with van der Waals surface area (Å²) in [5.41, 5.74) is 5.43. The van der Waals surface area contributed by atoms with Crippen LogP contribution >= 0.6 is 11.9 Å². The Hall–Kier alpha value is -2.38. The molecular formula is C19H22N4O2S. The minimum Gasteiger partial charge on any atom is -0.326 e. The van der Waals surface area contributed by atoms with E-state index in [1.807, 2.05) is 30.4 Å². The number of imide groups is 1. The van der Waals surface area contributed by atoms with Crippen molar-refractivity contribution in [1.29, 1.82) is 0 Å². The molecule has 0 spiro atoms. The summed E-state index contributed by atoms with van der Waals surface area (Å²) >= 11 is 1.83. The Balaban J connectivity index is 0.000000206. The van der Waals surface area contributed by atoms with Gasteiger partial charge in [-0.1, -0.05) is 36.2 Å². The lowest BCUT2D eigenvalue weighted by Crippen LogP contribution is -2.24. The second-order valence-electron chi connectivity index (χ2n) is 6.21. The predicted octanol–water partition coefficient (Wildman–Crippen LogP) is 2.60. The molecule has 1 aromatic carbocycles. The van der Waals surface area contributed by atoms with Gasteiger partial charge < -0.3 is 5.32 Å². The van der Waals surface area contributed by atoms with Crippen molar-refractivity contribution < 1.29 is 9.59 Å². The lowest BCUT2D eigenvalue weighted by molar-refractivity contribution is -0.119. The van der Waals surface area contributed by atoms with E-state index in [1.165, 1.54) is 22.3 Å². The molecule has 3 heterocycles. The summed E-state index contributed by atoms with van der Waals surface area (Å²) in [4.78, 5) is 24.8.